The molecule has 0 saturated carbocycles. The van der Waals surface area contributed by atoms with Gasteiger partial charge in [-0.15, -0.1) is 0 Å². The van der Waals surface area contributed by atoms with Crippen molar-refractivity contribution in [1.82, 2.24) is 0 Å². The van der Waals surface area contributed by atoms with Gasteiger partial charge in [0.1, 0.15) is 6.10 Å². The molecule has 0 aromatic rings. The minimum absolute atomic E-state index is 0.0194. The van der Waals surface area contributed by atoms with Crippen molar-refractivity contribution in [3.8, 4) is 0 Å². The molecule has 3 atom stereocenters. The maximum Gasteiger partial charge on any atom is 0.333 e. The zero-order valence-corrected chi connectivity index (χ0v) is 18.7. The van der Waals surface area contributed by atoms with E-state index in [1.54, 1.807) is 19.1 Å². The van der Waals surface area contributed by atoms with Crippen LogP contribution < -0.4 is 0 Å². The summed E-state index contributed by atoms with van der Waals surface area (Å²) < 4.78 is 10.5. The summed E-state index contributed by atoms with van der Waals surface area (Å²) in [6.07, 6.45) is 7.35. The highest BCUT2D eigenvalue weighted by molar-refractivity contribution is 6.00. The van der Waals surface area contributed by atoms with Crippen LogP contribution in [0.3, 0.4) is 0 Å². The fourth-order valence-corrected chi connectivity index (χ4v) is 3.31. The normalized spacial score (nSPS) is 20.0. The average molecular weight is 403 g/mol. The van der Waals surface area contributed by atoms with Gasteiger partial charge in [-0.1, -0.05) is 58.6 Å². The molecule has 0 spiro atoms. The van der Waals surface area contributed by atoms with Crippen LogP contribution in [0.4, 0.5) is 0 Å². The molecule has 0 aliphatic heterocycles. The van der Waals surface area contributed by atoms with Crippen molar-refractivity contribution in [3.05, 3.63) is 47.6 Å². The number of esters is 2. The van der Waals surface area contributed by atoms with Gasteiger partial charge in [-0.2, -0.15) is 0 Å². The van der Waals surface area contributed by atoms with Crippen molar-refractivity contribution in [3.63, 3.8) is 0 Å². The summed E-state index contributed by atoms with van der Waals surface area (Å²) >= 11 is 0. The molecular weight excluding hydrogens is 368 g/mol. The van der Waals surface area contributed by atoms with Crippen LogP contribution in [0.25, 0.3) is 0 Å². The lowest BCUT2D eigenvalue weighted by Gasteiger charge is -2.35. The molecule has 0 heterocycles. The Morgan fingerprint density at radius 1 is 1.31 bits per heavy atom. The third-order valence-corrected chi connectivity index (χ3v) is 6.17. The van der Waals surface area contributed by atoms with Crippen molar-refractivity contribution in [2.45, 2.75) is 60.5 Å². The van der Waals surface area contributed by atoms with Crippen LogP contribution in [0.2, 0.25) is 0 Å². The van der Waals surface area contributed by atoms with Crippen molar-refractivity contribution >= 4 is 17.7 Å². The van der Waals surface area contributed by atoms with Gasteiger partial charge in [-0.25, -0.2) is 4.79 Å². The number of ketones is 1. The van der Waals surface area contributed by atoms with E-state index in [4.69, 9.17) is 9.47 Å². The number of hydrogen-bond donors (Lipinski definition) is 0. The molecule has 0 amide bonds. The van der Waals surface area contributed by atoms with E-state index >= 15 is 0 Å². The molecule has 5 heteroatoms. The van der Waals surface area contributed by atoms with Crippen molar-refractivity contribution in [1.29, 1.82) is 0 Å². The van der Waals surface area contributed by atoms with Crippen molar-refractivity contribution in [2.75, 3.05) is 7.11 Å². The summed E-state index contributed by atoms with van der Waals surface area (Å²) in [5.41, 5.74) is 1.57. The molecule has 0 radical (unpaired) electrons. The Hall–Kier alpha value is -2.43. The van der Waals surface area contributed by atoms with E-state index in [0.717, 1.165) is 5.57 Å². The smallest absolute Gasteiger partial charge is 0.333 e. The Balaban J connectivity index is 2.90. The summed E-state index contributed by atoms with van der Waals surface area (Å²) in [4.78, 5) is 36.8. The largest absolute Gasteiger partial charge is 0.466 e. The molecule has 0 aromatic heterocycles. The van der Waals surface area contributed by atoms with E-state index in [-0.39, 0.29) is 30.1 Å². The number of methoxy groups -OCH3 is 1. The first-order valence-corrected chi connectivity index (χ1v) is 9.94. The SMILES string of the molecule is C=C/C=C\CC1=C(C)[C@@H](OC(=O)[C@H](C)C(C)(C)[C@@H](C)/C=C(\C)C(=O)OC)CC1=O. The summed E-state index contributed by atoms with van der Waals surface area (Å²) in [6, 6.07) is 0. The van der Waals surface area contributed by atoms with E-state index in [0.29, 0.717) is 17.6 Å². The molecule has 0 N–H and O–H groups in total. The molecule has 1 rings (SSSR count). The summed E-state index contributed by atoms with van der Waals surface area (Å²) in [5.74, 6) is -1.19. The second-order valence-corrected chi connectivity index (χ2v) is 8.26. The number of allylic oxidation sites excluding steroid dienone is 5. The number of hydrogen-bond acceptors (Lipinski definition) is 5. The molecule has 0 saturated heterocycles. The van der Waals surface area contributed by atoms with Crippen LogP contribution in [0.15, 0.2) is 47.6 Å². The number of rotatable bonds is 9. The molecular formula is C24H34O5. The lowest BCUT2D eigenvalue weighted by molar-refractivity contribution is -0.156. The lowest BCUT2D eigenvalue weighted by atomic mass is 9.70. The van der Waals surface area contributed by atoms with Crippen LogP contribution in [-0.2, 0) is 23.9 Å². The summed E-state index contributed by atoms with van der Waals surface area (Å²) in [5, 5.41) is 0. The van der Waals surface area contributed by atoms with E-state index in [2.05, 4.69) is 6.58 Å². The number of carbonyl (C=O) groups is 3. The Bertz CT molecular complexity index is 751. The van der Waals surface area contributed by atoms with Gasteiger partial charge < -0.3 is 9.47 Å². The van der Waals surface area contributed by atoms with Crippen molar-refractivity contribution < 1.29 is 23.9 Å². The topological polar surface area (TPSA) is 69.7 Å². The van der Waals surface area contributed by atoms with Gasteiger partial charge in [0.05, 0.1) is 19.4 Å². The zero-order chi connectivity index (χ0) is 22.4. The predicted molar refractivity (Wildman–Crippen MR) is 114 cm³/mol. The third kappa shape index (κ3) is 6.02. The minimum Gasteiger partial charge on any atom is -0.466 e. The molecule has 160 valence electrons. The molecule has 0 unspecified atom stereocenters. The van der Waals surface area contributed by atoms with Crippen LogP contribution in [0.5, 0.6) is 0 Å². The Morgan fingerprint density at radius 3 is 2.48 bits per heavy atom. The molecule has 0 bridgehead atoms. The minimum atomic E-state index is -0.511. The molecule has 0 aromatic carbocycles. The van der Waals surface area contributed by atoms with Crippen LogP contribution in [-0.4, -0.2) is 30.9 Å². The number of carbonyl (C=O) groups excluding carboxylic acids is 3. The molecule has 1 aliphatic rings. The Labute approximate surface area is 174 Å². The fourth-order valence-electron chi connectivity index (χ4n) is 3.31. The number of Topliss-reactive ketones (excluding diaryl/α,β-unsaturated/α-hetero) is 1. The highest BCUT2D eigenvalue weighted by atomic mass is 16.5. The first-order chi connectivity index (χ1) is 13.5. The van der Waals surface area contributed by atoms with Gasteiger partial charge in [0.15, 0.2) is 5.78 Å². The van der Waals surface area contributed by atoms with Gasteiger partial charge >= 0.3 is 11.9 Å². The van der Waals surface area contributed by atoms with E-state index in [9.17, 15) is 14.4 Å². The maximum atomic E-state index is 12.8. The quantitative estimate of drug-likeness (QED) is 0.317. The summed E-state index contributed by atoms with van der Waals surface area (Å²) in [6.45, 7) is 14.9. The highest BCUT2D eigenvalue weighted by Crippen LogP contribution is 2.38. The second kappa shape index (κ2) is 10.4. The Morgan fingerprint density at radius 2 is 1.93 bits per heavy atom. The number of ether oxygens (including phenoxy) is 2. The van der Waals surface area contributed by atoms with Gasteiger partial charge in [-0.05, 0) is 37.2 Å². The second-order valence-electron chi connectivity index (χ2n) is 8.26. The Kier molecular flexibility index (Phi) is 8.80. The van der Waals surface area contributed by atoms with Gasteiger partial charge in [-0.3, -0.25) is 9.59 Å². The van der Waals surface area contributed by atoms with Crippen molar-refractivity contribution in [2.24, 2.45) is 17.3 Å². The average Bonchev–Trinajstić information content (AvgIpc) is 2.93. The molecule has 1 aliphatic carbocycles. The first kappa shape index (κ1) is 24.6. The highest BCUT2D eigenvalue weighted by Gasteiger charge is 2.39. The third-order valence-electron chi connectivity index (χ3n) is 6.17. The van der Waals surface area contributed by atoms with Gasteiger partial charge in [0.2, 0.25) is 0 Å². The van der Waals surface area contributed by atoms with E-state index in [1.807, 2.05) is 46.8 Å². The predicted octanol–water partition coefficient (Wildman–Crippen LogP) is 4.74. The molecule has 29 heavy (non-hydrogen) atoms. The van der Waals surface area contributed by atoms with E-state index < -0.39 is 17.4 Å². The fraction of sp³-hybridized carbons (Fsp3) is 0.542. The molecule has 0 fully saturated rings. The summed E-state index contributed by atoms with van der Waals surface area (Å²) in [7, 11) is 1.34. The van der Waals surface area contributed by atoms with Crippen LogP contribution in [0, 0.1) is 17.3 Å². The van der Waals surface area contributed by atoms with Crippen LogP contribution in [0.1, 0.15) is 54.4 Å². The van der Waals surface area contributed by atoms with Gasteiger partial charge in [0, 0.05) is 11.1 Å². The maximum absolute atomic E-state index is 12.8. The zero-order valence-electron chi connectivity index (χ0n) is 18.7. The van der Waals surface area contributed by atoms with Gasteiger partial charge in [0.25, 0.3) is 0 Å². The van der Waals surface area contributed by atoms with E-state index in [1.165, 1.54) is 7.11 Å². The first-order valence-electron chi connectivity index (χ1n) is 9.94. The lowest BCUT2D eigenvalue weighted by Crippen LogP contribution is -2.36. The standard InChI is InChI=1S/C24H34O5/c1-9-10-11-12-19-17(4)21(14-20(19)25)29-23(27)18(5)24(6,7)16(3)13-15(2)22(26)28-8/h9-11,13,16,18,21H,1,12,14H2,2-8H3/b11-10-,15-13+/t16-,18-,21-/m0/s1. The van der Waals surface area contributed by atoms with Crippen LogP contribution >= 0.6 is 0 Å². The molecule has 5 nitrogen and oxygen atoms in total. The monoisotopic (exact) mass is 402 g/mol.